The van der Waals surface area contributed by atoms with Crippen LogP contribution >= 0.6 is 21.6 Å². The van der Waals surface area contributed by atoms with Gasteiger partial charge in [-0.15, -0.1) is 0 Å². The molecule has 0 saturated carbocycles. The molecule has 0 aromatic heterocycles. The topological polar surface area (TPSA) is 128 Å². The maximum absolute atomic E-state index is 13.5. The van der Waals surface area contributed by atoms with E-state index in [-0.39, 0.29) is 27.4 Å². The van der Waals surface area contributed by atoms with E-state index in [4.69, 9.17) is 9.47 Å². The zero-order chi connectivity index (χ0) is 32.0. The van der Waals surface area contributed by atoms with Crippen molar-refractivity contribution >= 4 is 66.1 Å². The van der Waals surface area contributed by atoms with Gasteiger partial charge in [-0.2, -0.15) is 0 Å². The summed E-state index contributed by atoms with van der Waals surface area (Å²) in [5.74, 6) is -1.64. The van der Waals surface area contributed by atoms with Crippen molar-refractivity contribution in [2.24, 2.45) is 0 Å². The minimum absolute atomic E-state index is 0.0254. The molecule has 0 aliphatic heterocycles. The predicted octanol–water partition coefficient (Wildman–Crippen LogP) is 5.36. The van der Waals surface area contributed by atoms with Crippen molar-refractivity contribution < 1.29 is 33.4 Å². The molecule has 1 aromatic carbocycles. The van der Waals surface area contributed by atoms with Crippen LogP contribution in [-0.4, -0.2) is 78.3 Å². The molecule has 1 aliphatic carbocycles. The van der Waals surface area contributed by atoms with Crippen molar-refractivity contribution in [3.05, 3.63) is 45.4 Å². The number of esters is 1. The summed E-state index contributed by atoms with van der Waals surface area (Å²) < 4.78 is 11.3. The van der Waals surface area contributed by atoms with E-state index in [1.165, 1.54) is 10.8 Å². The second-order valence-electron chi connectivity index (χ2n) is 12.8. The molecule has 1 aromatic rings. The zero-order valence-corrected chi connectivity index (χ0v) is 29.3. The summed E-state index contributed by atoms with van der Waals surface area (Å²) in [6.07, 6.45) is -2.03. The third-order valence-corrected chi connectivity index (χ3v) is 11.2. The van der Waals surface area contributed by atoms with E-state index in [9.17, 15) is 24.0 Å². The van der Waals surface area contributed by atoms with Crippen molar-refractivity contribution in [1.29, 1.82) is 0 Å². The Labute approximate surface area is 263 Å². The Bertz CT molecular complexity index is 1240. The van der Waals surface area contributed by atoms with Gasteiger partial charge < -0.3 is 0 Å². The normalized spacial score (nSPS) is 15.5. The molecule has 2 N–H and O–H groups in total. The molecule has 0 spiro atoms. The Morgan fingerprint density at radius 3 is 2.02 bits per heavy atom. The minimum atomic E-state index is -1.25. The number of ether oxygens (including phenoxy) is 2. The van der Waals surface area contributed by atoms with Crippen molar-refractivity contribution in [2.45, 2.75) is 103 Å². The number of nitrogens with one attached hydrogen (secondary N) is 2. The molecule has 12 heteroatoms. The van der Waals surface area contributed by atoms with Crippen LogP contribution in [0.15, 0.2) is 34.3 Å². The van der Waals surface area contributed by atoms with Crippen LogP contribution in [0.3, 0.4) is 0 Å². The Balaban J connectivity index is 2.30. The third-order valence-electron chi connectivity index (χ3n) is 5.25. The quantitative estimate of drug-likeness (QED) is 0.190. The van der Waals surface area contributed by atoms with E-state index in [1.807, 2.05) is 20.8 Å². The number of benzene rings is 1. The summed E-state index contributed by atoms with van der Waals surface area (Å²) in [5, 5.41) is 5.45. The van der Waals surface area contributed by atoms with Crippen molar-refractivity contribution in [3.8, 4) is 0 Å². The number of carbonyl (C=O) groups is 5. The van der Waals surface area contributed by atoms with Gasteiger partial charge in [0.1, 0.15) is 0 Å². The standard InChI is InChI=1S/C30H42N2O7S2Se/c1-17-22(33)18-13-11-12-14-19(18)23(34)24(17)42-16-21(25(35)32-28(2,3)4)38-26(36)20(15-40-41-30(8,9)10)31-27(37)39-29(5,6)7/h11-14,20-21H,15-16H2,1-10H3,(H,31,37)(H,32,35). The first-order valence-corrected chi connectivity index (χ1v) is 17.9. The molecule has 2 atom stereocenters. The summed E-state index contributed by atoms with van der Waals surface area (Å²) >= 11 is -0.671. The van der Waals surface area contributed by atoms with Gasteiger partial charge in [-0.1, -0.05) is 0 Å². The number of fused-ring (bicyclic) bond motifs is 1. The van der Waals surface area contributed by atoms with E-state index in [1.54, 1.807) is 83.5 Å². The van der Waals surface area contributed by atoms with Gasteiger partial charge in [0.25, 0.3) is 0 Å². The molecular formula is C30H42N2O7S2Se. The molecule has 2 unspecified atom stereocenters. The average Bonchev–Trinajstić information content (AvgIpc) is 2.83. The van der Waals surface area contributed by atoms with Crippen LogP contribution < -0.4 is 10.6 Å². The molecule has 9 nitrogen and oxygen atoms in total. The number of rotatable bonds is 10. The SMILES string of the molecule is CC1=C([Se]CC(OC(=O)C(CSSC(C)(C)C)NC(=O)OC(C)(C)C)C(=O)NC(C)(C)C)C(=O)c2ccccc2C1=O. The zero-order valence-electron chi connectivity index (χ0n) is 26.0. The monoisotopic (exact) mass is 686 g/mol. The Morgan fingerprint density at radius 1 is 0.929 bits per heavy atom. The molecule has 0 bridgehead atoms. The van der Waals surface area contributed by atoms with Gasteiger partial charge in [0.2, 0.25) is 0 Å². The number of hydrogen-bond donors (Lipinski definition) is 2. The predicted molar refractivity (Wildman–Crippen MR) is 169 cm³/mol. The summed E-state index contributed by atoms with van der Waals surface area (Å²) in [4.78, 5) is 65.6. The molecule has 1 aliphatic rings. The average molecular weight is 686 g/mol. The van der Waals surface area contributed by atoms with Crippen LogP contribution in [0.1, 0.15) is 90.0 Å². The van der Waals surface area contributed by atoms with Crippen LogP contribution in [0.5, 0.6) is 0 Å². The number of allylic oxidation sites excluding steroid dienone is 2. The van der Waals surface area contributed by atoms with Gasteiger partial charge in [0, 0.05) is 0 Å². The van der Waals surface area contributed by atoms with E-state index >= 15 is 0 Å². The number of carbonyl (C=O) groups excluding carboxylic acids is 5. The fourth-order valence-corrected chi connectivity index (χ4v) is 8.27. The van der Waals surface area contributed by atoms with E-state index in [2.05, 4.69) is 10.6 Å². The van der Waals surface area contributed by atoms with Gasteiger partial charge in [-0.05, 0) is 0 Å². The molecule has 232 valence electrons. The van der Waals surface area contributed by atoms with E-state index in [0.717, 1.165) is 0 Å². The molecule has 0 fully saturated rings. The first kappa shape index (κ1) is 35.9. The van der Waals surface area contributed by atoms with E-state index in [0.29, 0.717) is 21.2 Å². The Kier molecular flexibility index (Phi) is 12.4. The first-order chi connectivity index (χ1) is 19.2. The summed E-state index contributed by atoms with van der Waals surface area (Å²) in [5.41, 5.74) is -0.382. The Hall–Kier alpha value is -2.27. The fourth-order valence-electron chi connectivity index (χ4n) is 3.54. The van der Waals surface area contributed by atoms with Crippen LogP contribution in [-0.2, 0) is 19.1 Å². The van der Waals surface area contributed by atoms with Gasteiger partial charge in [0.05, 0.1) is 0 Å². The second-order valence-corrected chi connectivity index (χ2v) is 18.1. The maximum atomic E-state index is 13.5. The van der Waals surface area contributed by atoms with Gasteiger partial charge >= 0.3 is 264 Å². The molecule has 0 saturated heterocycles. The van der Waals surface area contributed by atoms with Crippen LogP contribution in [0, 0.1) is 0 Å². The van der Waals surface area contributed by atoms with Crippen molar-refractivity contribution in [2.75, 3.05) is 5.75 Å². The van der Waals surface area contributed by atoms with Gasteiger partial charge in [-0.25, -0.2) is 0 Å². The molecule has 0 radical (unpaired) electrons. The van der Waals surface area contributed by atoms with E-state index < -0.39 is 56.2 Å². The number of Topliss-reactive ketones (excluding diaryl/α,β-unsaturated/α-hetero) is 2. The van der Waals surface area contributed by atoms with Gasteiger partial charge in [0.15, 0.2) is 0 Å². The summed E-state index contributed by atoms with van der Waals surface area (Å²) in [6.45, 7) is 18.2. The van der Waals surface area contributed by atoms with Crippen molar-refractivity contribution in [1.82, 2.24) is 10.6 Å². The first-order valence-electron chi connectivity index (χ1n) is 13.5. The van der Waals surface area contributed by atoms with Crippen molar-refractivity contribution in [3.63, 3.8) is 0 Å². The van der Waals surface area contributed by atoms with Crippen LogP contribution in [0.25, 0.3) is 0 Å². The molecular weight excluding hydrogens is 643 g/mol. The fraction of sp³-hybridized carbons (Fsp3) is 0.567. The number of hydrogen-bond acceptors (Lipinski definition) is 9. The number of alkyl carbamates (subject to hydrolysis) is 1. The van der Waals surface area contributed by atoms with Gasteiger partial charge in [-0.3, -0.25) is 0 Å². The number of amides is 2. The molecule has 2 rings (SSSR count). The molecule has 42 heavy (non-hydrogen) atoms. The summed E-state index contributed by atoms with van der Waals surface area (Å²) in [7, 11) is 2.93. The second kappa shape index (κ2) is 14.5. The van der Waals surface area contributed by atoms with Crippen LogP contribution in [0.2, 0.25) is 5.32 Å². The molecule has 2 amide bonds. The van der Waals surface area contributed by atoms with Crippen LogP contribution in [0.4, 0.5) is 4.79 Å². The number of ketones is 2. The molecule has 0 heterocycles. The summed E-state index contributed by atoms with van der Waals surface area (Å²) in [6, 6.07) is 5.55. The Morgan fingerprint density at radius 2 is 1.50 bits per heavy atom. The third kappa shape index (κ3) is 11.4.